The van der Waals surface area contributed by atoms with Crippen LogP contribution in [-0.4, -0.2) is 59.8 Å². The van der Waals surface area contributed by atoms with Crippen molar-refractivity contribution in [3.8, 4) is 11.1 Å². The van der Waals surface area contributed by atoms with Crippen LogP contribution in [0.4, 0.5) is 5.69 Å². The molecule has 0 radical (unpaired) electrons. The molecule has 0 unspecified atom stereocenters. The van der Waals surface area contributed by atoms with Crippen molar-refractivity contribution in [2.24, 2.45) is 0 Å². The van der Waals surface area contributed by atoms with Crippen molar-refractivity contribution in [3.63, 3.8) is 0 Å². The first-order valence-electron chi connectivity index (χ1n) is 11.5. The highest BCUT2D eigenvalue weighted by molar-refractivity contribution is 7.89. The summed E-state index contributed by atoms with van der Waals surface area (Å²) in [6.07, 6.45) is -0.673. The van der Waals surface area contributed by atoms with Crippen LogP contribution >= 0.6 is 0 Å². The number of aliphatic hydroxyl groups excluding tert-OH is 1. The number of β-amino-alcohol motifs (C(OH)–C–C–N with tert-alkyl or cyclic N) is 1. The zero-order chi connectivity index (χ0) is 26.3. The average Bonchev–Trinajstić information content (AvgIpc) is 3.47. The molecule has 0 saturated carbocycles. The summed E-state index contributed by atoms with van der Waals surface area (Å²) in [7, 11) is -4.52. The summed E-state index contributed by atoms with van der Waals surface area (Å²) in [5.74, 6) is -1.48. The van der Waals surface area contributed by atoms with Gasteiger partial charge >= 0.3 is 5.97 Å². The molecule has 2 aliphatic rings. The normalized spacial score (nSPS) is 18.7. The largest absolute Gasteiger partial charge is 0.456 e. The molecule has 1 N–H and O–H groups in total. The van der Waals surface area contributed by atoms with E-state index in [1.807, 2.05) is 30.3 Å². The molecular weight excluding hydrogens is 500 g/mol. The third-order valence-electron chi connectivity index (χ3n) is 6.62. The predicted molar refractivity (Wildman–Crippen MR) is 131 cm³/mol. The number of aliphatic hydroxyl groups is 1. The molecule has 11 heteroatoms. The highest BCUT2D eigenvalue weighted by Crippen LogP contribution is 2.37. The van der Waals surface area contributed by atoms with E-state index in [0.29, 0.717) is 9.87 Å². The number of nitrogens with zero attached hydrogens (tertiary/aromatic N) is 2. The number of para-hydroxylation sites is 1. The maximum Gasteiger partial charge on any atom is 0.325 e. The Morgan fingerprint density at radius 1 is 1.03 bits per heavy atom. The van der Waals surface area contributed by atoms with Crippen molar-refractivity contribution >= 4 is 27.5 Å². The SMILES string of the molecule is O=C(COC(=O)[C@@H]1C[C@H](O)CN1S(=O)(=O)c1ccccc1[N+](=O)[O-])c1ccc2c(c1)-c1ccccc1C2. The van der Waals surface area contributed by atoms with Gasteiger partial charge in [0, 0.05) is 24.6 Å². The number of carbonyl (C=O) groups is 2. The smallest absolute Gasteiger partial charge is 0.325 e. The van der Waals surface area contributed by atoms with Crippen molar-refractivity contribution in [3.05, 3.63) is 93.5 Å². The number of benzene rings is 3. The van der Waals surface area contributed by atoms with E-state index in [0.717, 1.165) is 40.8 Å². The van der Waals surface area contributed by atoms with E-state index < -0.39 is 62.6 Å². The number of esters is 1. The van der Waals surface area contributed by atoms with Gasteiger partial charge in [-0.1, -0.05) is 48.5 Å². The summed E-state index contributed by atoms with van der Waals surface area (Å²) < 4.78 is 32.3. The quantitative estimate of drug-likeness (QED) is 0.169. The summed E-state index contributed by atoms with van der Waals surface area (Å²) in [5, 5.41) is 21.5. The Labute approximate surface area is 212 Å². The molecule has 1 aliphatic heterocycles. The van der Waals surface area contributed by atoms with Gasteiger partial charge in [-0.15, -0.1) is 0 Å². The van der Waals surface area contributed by atoms with Gasteiger partial charge in [-0.2, -0.15) is 4.31 Å². The molecule has 0 bridgehead atoms. The summed E-state index contributed by atoms with van der Waals surface area (Å²) >= 11 is 0. The van der Waals surface area contributed by atoms with Crippen LogP contribution < -0.4 is 0 Å². The fourth-order valence-corrected chi connectivity index (χ4v) is 6.62. The molecule has 1 saturated heterocycles. The van der Waals surface area contributed by atoms with Gasteiger partial charge in [0.2, 0.25) is 0 Å². The Morgan fingerprint density at radius 3 is 2.51 bits per heavy atom. The Kier molecular flexibility index (Phi) is 6.36. The van der Waals surface area contributed by atoms with Crippen molar-refractivity contribution in [1.82, 2.24) is 4.31 Å². The van der Waals surface area contributed by atoms with Crippen LogP contribution in [0.25, 0.3) is 11.1 Å². The van der Waals surface area contributed by atoms with Crippen molar-refractivity contribution < 1.29 is 32.8 Å². The van der Waals surface area contributed by atoms with Crippen LogP contribution in [0.2, 0.25) is 0 Å². The Hall–Kier alpha value is -3.93. The number of nitro groups is 1. The lowest BCUT2D eigenvalue weighted by Gasteiger charge is -2.22. The molecule has 5 rings (SSSR count). The minimum Gasteiger partial charge on any atom is -0.456 e. The first-order valence-corrected chi connectivity index (χ1v) is 12.9. The van der Waals surface area contributed by atoms with Gasteiger partial charge in [0.05, 0.1) is 11.0 Å². The van der Waals surface area contributed by atoms with E-state index in [2.05, 4.69) is 0 Å². The zero-order valence-electron chi connectivity index (χ0n) is 19.4. The number of Topliss-reactive ketones (excluding diaryl/α,β-unsaturated/α-hetero) is 1. The number of nitro benzene ring substituents is 1. The van der Waals surface area contributed by atoms with Crippen LogP contribution in [0.3, 0.4) is 0 Å². The number of carbonyl (C=O) groups excluding carboxylic acids is 2. The van der Waals surface area contributed by atoms with E-state index >= 15 is 0 Å². The number of ketones is 1. The molecular formula is C26H22N2O8S. The van der Waals surface area contributed by atoms with Gasteiger partial charge in [0.15, 0.2) is 17.3 Å². The van der Waals surface area contributed by atoms with E-state index in [1.165, 1.54) is 12.1 Å². The molecule has 1 aliphatic carbocycles. The third-order valence-corrected chi connectivity index (χ3v) is 8.54. The molecule has 37 heavy (non-hydrogen) atoms. The molecule has 2 atom stereocenters. The fraction of sp³-hybridized carbons (Fsp3) is 0.231. The van der Waals surface area contributed by atoms with Gasteiger partial charge in [-0.05, 0) is 40.8 Å². The number of fused-ring (bicyclic) bond motifs is 3. The van der Waals surface area contributed by atoms with Crippen molar-refractivity contribution in [1.29, 1.82) is 0 Å². The van der Waals surface area contributed by atoms with Crippen LogP contribution in [0.1, 0.15) is 27.9 Å². The molecule has 0 spiro atoms. The molecule has 1 fully saturated rings. The van der Waals surface area contributed by atoms with Gasteiger partial charge in [-0.25, -0.2) is 8.42 Å². The minimum absolute atomic E-state index is 0.261. The van der Waals surface area contributed by atoms with Crippen LogP contribution in [0, 0.1) is 10.1 Å². The Balaban J connectivity index is 1.32. The first-order chi connectivity index (χ1) is 17.7. The monoisotopic (exact) mass is 522 g/mol. The first kappa shape index (κ1) is 24.8. The standard InChI is InChI=1S/C26H22N2O8S/c29-19-13-23(27(14-19)37(34,35)25-8-4-3-7-22(25)28(32)33)26(31)36-15-24(30)18-10-9-17-11-16-5-1-2-6-20(16)21(17)12-18/h1-10,12,19,23,29H,11,13-15H2/t19-,23-/m0/s1. The Bertz CT molecular complexity index is 1540. The topological polar surface area (TPSA) is 144 Å². The Morgan fingerprint density at radius 2 is 1.73 bits per heavy atom. The molecule has 3 aromatic rings. The number of ether oxygens (including phenoxy) is 1. The molecule has 1 heterocycles. The highest BCUT2D eigenvalue weighted by atomic mass is 32.2. The number of hydrogen-bond acceptors (Lipinski definition) is 8. The van der Waals surface area contributed by atoms with E-state index in [1.54, 1.807) is 12.1 Å². The van der Waals surface area contributed by atoms with Gasteiger partial charge in [0.1, 0.15) is 6.04 Å². The lowest BCUT2D eigenvalue weighted by Crippen LogP contribution is -2.42. The summed E-state index contributed by atoms with van der Waals surface area (Å²) in [5.41, 5.74) is 3.93. The number of hydrogen-bond donors (Lipinski definition) is 1. The molecule has 10 nitrogen and oxygen atoms in total. The molecule has 0 amide bonds. The lowest BCUT2D eigenvalue weighted by atomic mass is 10.0. The minimum atomic E-state index is -4.52. The van der Waals surface area contributed by atoms with E-state index in [4.69, 9.17) is 4.74 Å². The lowest BCUT2D eigenvalue weighted by molar-refractivity contribution is -0.387. The van der Waals surface area contributed by atoms with Gasteiger partial charge < -0.3 is 9.84 Å². The van der Waals surface area contributed by atoms with Gasteiger partial charge in [0.25, 0.3) is 15.7 Å². The van der Waals surface area contributed by atoms with Crippen molar-refractivity contribution in [2.75, 3.05) is 13.2 Å². The molecule has 190 valence electrons. The van der Waals surface area contributed by atoms with E-state index in [9.17, 15) is 33.2 Å². The maximum atomic E-state index is 13.2. The average molecular weight is 523 g/mol. The highest BCUT2D eigenvalue weighted by Gasteiger charge is 2.46. The molecule has 0 aromatic heterocycles. The zero-order valence-corrected chi connectivity index (χ0v) is 20.3. The van der Waals surface area contributed by atoms with E-state index in [-0.39, 0.29) is 6.42 Å². The third kappa shape index (κ3) is 4.52. The number of rotatable bonds is 7. The van der Waals surface area contributed by atoms with Crippen LogP contribution in [0.15, 0.2) is 71.6 Å². The summed E-state index contributed by atoms with van der Waals surface area (Å²) in [4.78, 5) is 35.6. The van der Waals surface area contributed by atoms with Crippen LogP contribution in [-0.2, 0) is 26.0 Å². The second kappa shape index (κ2) is 9.51. The van der Waals surface area contributed by atoms with Crippen molar-refractivity contribution in [2.45, 2.75) is 29.9 Å². The molecule has 3 aromatic carbocycles. The predicted octanol–water partition coefficient (Wildman–Crippen LogP) is 2.72. The second-order valence-electron chi connectivity index (χ2n) is 8.94. The summed E-state index contributed by atoms with van der Waals surface area (Å²) in [6, 6.07) is 16.5. The summed E-state index contributed by atoms with van der Waals surface area (Å²) in [6.45, 7) is -1.06. The second-order valence-corrected chi connectivity index (χ2v) is 10.8. The van der Waals surface area contributed by atoms with Gasteiger partial charge in [-0.3, -0.25) is 19.7 Å². The maximum absolute atomic E-state index is 13.2. The number of sulfonamides is 1. The van der Waals surface area contributed by atoms with Crippen LogP contribution in [0.5, 0.6) is 0 Å². The fourth-order valence-electron chi connectivity index (χ4n) is 4.83.